The van der Waals surface area contributed by atoms with Crippen molar-refractivity contribution < 1.29 is 5.73 Å². The van der Waals surface area contributed by atoms with Crippen molar-refractivity contribution in [3.8, 4) is 0 Å². The molecule has 4 heteroatoms. The summed E-state index contributed by atoms with van der Waals surface area (Å²) in [6.45, 7) is 9.02. The standard InChI is InChI=1S/4C8H17.CH2.2FH.2Sn/c4*1-3-5-7-8-6-4-2;;;;;/h4*1,3-8H2,2H3;1H2;2*1H;;/q;;;;;;;2*+1/p-2. The van der Waals surface area contributed by atoms with Gasteiger partial charge < -0.3 is 0 Å². The van der Waals surface area contributed by atoms with Gasteiger partial charge in [0.15, 0.2) is 0 Å². The van der Waals surface area contributed by atoms with Crippen molar-refractivity contribution >= 4 is 37.9 Å². The average molecular weight is 742 g/mol. The van der Waals surface area contributed by atoms with Gasteiger partial charge in [-0.05, 0) is 0 Å². The predicted molar refractivity (Wildman–Crippen MR) is 171 cm³/mol. The molecule has 0 aliphatic heterocycles. The van der Waals surface area contributed by atoms with Gasteiger partial charge in [-0.2, -0.15) is 0 Å². The van der Waals surface area contributed by atoms with E-state index in [1.165, 1.54) is 128 Å². The SMILES string of the molecule is CCCCCCC[CH2][Sn]([F])([CH2]CCCCCCC)[CH2][Sn]([F])([CH2]CCCCCCC)[CH2]CCCCCCC. The number of hydrogen-bond acceptors (Lipinski definition) is 0. The van der Waals surface area contributed by atoms with Crippen LogP contribution in [0, 0.1) is 0 Å². The molecule has 0 unspecified atom stereocenters. The molecule has 0 rings (SSSR count). The third-order valence-electron chi connectivity index (χ3n) is 8.55. The maximum atomic E-state index is 16.8. The first-order valence-corrected chi connectivity index (χ1v) is 31.6. The second-order valence-corrected chi connectivity index (χ2v) is 39.2. The molecule has 0 saturated heterocycles. The van der Waals surface area contributed by atoms with Crippen LogP contribution in [0.25, 0.3) is 0 Å². The van der Waals surface area contributed by atoms with Gasteiger partial charge in [-0.3, -0.25) is 0 Å². The van der Waals surface area contributed by atoms with E-state index in [2.05, 4.69) is 27.7 Å². The summed E-state index contributed by atoms with van der Waals surface area (Å²) >= 11 is -7.72. The van der Waals surface area contributed by atoms with Gasteiger partial charge in [0.2, 0.25) is 0 Å². The van der Waals surface area contributed by atoms with Gasteiger partial charge in [0.05, 0.1) is 0 Å². The van der Waals surface area contributed by atoms with Crippen molar-refractivity contribution in [1.29, 1.82) is 0 Å². The molecule has 0 amide bonds. The Bertz CT molecular complexity index is 386. The fraction of sp³-hybridized carbons (Fsp3) is 1.00. The molecule has 0 N–H and O–H groups in total. The molecule has 224 valence electrons. The topological polar surface area (TPSA) is 0 Å². The average Bonchev–Trinajstić information content (AvgIpc) is 2.88. The Labute approximate surface area is 244 Å². The second-order valence-electron chi connectivity index (χ2n) is 12.5. The Balaban J connectivity index is 5.03. The fourth-order valence-electron chi connectivity index (χ4n) is 6.06. The van der Waals surface area contributed by atoms with E-state index in [1.807, 2.05) is 0 Å². The summed E-state index contributed by atoms with van der Waals surface area (Å²) in [6.07, 6.45) is 29.5. The summed E-state index contributed by atoms with van der Waals surface area (Å²) in [6, 6.07) is 0. The van der Waals surface area contributed by atoms with E-state index < -0.39 is 37.9 Å². The molecule has 0 aromatic heterocycles. The Hall–Kier alpha value is 1.46. The van der Waals surface area contributed by atoms with E-state index >= 15 is 5.73 Å². The predicted octanol–water partition coefficient (Wildman–Crippen LogP) is 13.8. The first-order chi connectivity index (χ1) is 17.9. The second kappa shape index (κ2) is 27.6. The van der Waals surface area contributed by atoms with E-state index in [0.29, 0.717) is 2.45 Å². The minimum atomic E-state index is -3.86. The molecule has 0 heterocycles. The van der Waals surface area contributed by atoms with Crippen LogP contribution in [0.3, 0.4) is 0 Å². The van der Waals surface area contributed by atoms with E-state index in [1.54, 1.807) is 0 Å². The molecule has 0 atom stereocenters. The first kappa shape index (κ1) is 38.5. The molecule has 0 radical (unpaired) electrons. The summed E-state index contributed by atoms with van der Waals surface area (Å²) in [7, 11) is 0. The zero-order chi connectivity index (χ0) is 27.5. The molecule has 0 aromatic rings. The van der Waals surface area contributed by atoms with Crippen LogP contribution in [0.15, 0.2) is 0 Å². The van der Waals surface area contributed by atoms with E-state index in [0.717, 1.165) is 43.4 Å². The van der Waals surface area contributed by atoms with Crippen LogP contribution in [0.1, 0.15) is 182 Å². The van der Waals surface area contributed by atoms with Crippen molar-refractivity contribution in [2.45, 2.75) is 202 Å². The van der Waals surface area contributed by atoms with Crippen molar-refractivity contribution in [3.05, 3.63) is 0 Å². The molecule has 37 heavy (non-hydrogen) atoms. The summed E-state index contributed by atoms with van der Waals surface area (Å²) < 4.78 is 37.6. The van der Waals surface area contributed by atoms with E-state index in [4.69, 9.17) is 0 Å². The monoisotopic (exact) mass is 744 g/mol. The van der Waals surface area contributed by atoms with Crippen LogP contribution < -0.4 is 0 Å². The van der Waals surface area contributed by atoms with Crippen LogP contribution in [-0.2, 0) is 0 Å². The van der Waals surface area contributed by atoms with Gasteiger partial charge in [-0.25, -0.2) is 0 Å². The van der Waals surface area contributed by atoms with Gasteiger partial charge >= 0.3 is 246 Å². The minimum absolute atomic E-state index is 0.581. The number of halogens is 2. The van der Waals surface area contributed by atoms with Gasteiger partial charge in [-0.15, -0.1) is 0 Å². The summed E-state index contributed by atoms with van der Waals surface area (Å²) in [5.74, 6) is 0. The van der Waals surface area contributed by atoms with Gasteiger partial charge in [0.1, 0.15) is 0 Å². The molecule has 0 aliphatic rings. The number of rotatable bonds is 30. The molecule has 0 bridgehead atoms. The molecule has 0 saturated carbocycles. The zero-order valence-electron chi connectivity index (χ0n) is 26.3. The van der Waals surface area contributed by atoms with Crippen LogP contribution in [-0.4, -0.2) is 37.9 Å². The molecule has 0 nitrogen and oxygen atoms in total. The Morgan fingerprint density at radius 2 is 0.486 bits per heavy atom. The van der Waals surface area contributed by atoms with E-state index in [-0.39, 0.29) is 0 Å². The summed E-state index contributed by atoms with van der Waals surface area (Å²) in [5, 5.41) is 0. The summed E-state index contributed by atoms with van der Waals surface area (Å²) in [5.41, 5.74) is 0. The molecule has 0 spiro atoms. The molecular weight excluding hydrogens is 672 g/mol. The van der Waals surface area contributed by atoms with Crippen molar-refractivity contribution in [3.63, 3.8) is 0 Å². The van der Waals surface area contributed by atoms with Crippen molar-refractivity contribution in [1.82, 2.24) is 0 Å². The number of hydrogen-bond donors (Lipinski definition) is 0. The maximum absolute atomic E-state index is 16.8. The third kappa shape index (κ3) is 24.9. The molecule has 0 fully saturated rings. The normalized spacial score (nSPS) is 12.5. The third-order valence-corrected chi connectivity index (χ3v) is 50.7. The van der Waals surface area contributed by atoms with E-state index in [9.17, 15) is 0 Å². The van der Waals surface area contributed by atoms with Crippen LogP contribution in [0.2, 0.25) is 20.2 Å². The Morgan fingerprint density at radius 3 is 0.703 bits per heavy atom. The fourth-order valence-corrected chi connectivity index (χ4v) is 58.1. The van der Waals surface area contributed by atoms with Crippen LogP contribution >= 0.6 is 0 Å². The van der Waals surface area contributed by atoms with Gasteiger partial charge in [0, 0.05) is 0 Å². The van der Waals surface area contributed by atoms with Gasteiger partial charge in [-0.1, -0.05) is 0 Å². The zero-order valence-corrected chi connectivity index (χ0v) is 32.0. The number of unbranched alkanes of at least 4 members (excludes halogenated alkanes) is 20. The summed E-state index contributed by atoms with van der Waals surface area (Å²) in [4.78, 5) is 0. The van der Waals surface area contributed by atoms with Crippen LogP contribution in [0.4, 0.5) is 5.73 Å². The quantitative estimate of drug-likeness (QED) is 0.0508. The Morgan fingerprint density at radius 1 is 0.297 bits per heavy atom. The molecule has 0 aliphatic carbocycles. The van der Waals surface area contributed by atoms with Crippen LogP contribution in [0.5, 0.6) is 0 Å². The van der Waals surface area contributed by atoms with Crippen molar-refractivity contribution in [2.24, 2.45) is 0 Å². The molecule has 0 aromatic carbocycles. The first-order valence-electron chi connectivity index (χ1n) is 17.3. The van der Waals surface area contributed by atoms with Gasteiger partial charge in [0.25, 0.3) is 0 Å². The Kier molecular flexibility index (Phi) is 28.7. The van der Waals surface area contributed by atoms with Crippen molar-refractivity contribution in [2.75, 3.05) is 0 Å². The molecular formula is C33H70F2Sn2.